The Morgan fingerprint density at radius 2 is 2.26 bits per heavy atom. The van der Waals surface area contributed by atoms with E-state index < -0.39 is 0 Å². The average Bonchev–Trinajstić information content (AvgIpc) is 2.81. The largest absolute Gasteiger partial charge is 0.465 e. The third-order valence-electron chi connectivity index (χ3n) is 2.28. The molecular weight excluding hydrogens is 262 g/mol. The first-order valence-electron chi connectivity index (χ1n) is 6.34. The summed E-state index contributed by atoms with van der Waals surface area (Å²) in [5.41, 5.74) is 3.50. The number of carbonyl (C=O) groups excluding carboxylic acids is 1. The molecule has 1 unspecified atom stereocenters. The maximum atomic E-state index is 11.5. The van der Waals surface area contributed by atoms with Gasteiger partial charge in [-0.15, -0.1) is 11.3 Å². The van der Waals surface area contributed by atoms with Gasteiger partial charge in [0.2, 0.25) is 0 Å². The average molecular weight is 283 g/mol. The zero-order valence-electron chi connectivity index (χ0n) is 11.7. The van der Waals surface area contributed by atoms with Gasteiger partial charge in [0.25, 0.3) is 0 Å². The predicted molar refractivity (Wildman–Crippen MR) is 76.7 cm³/mol. The Balaban J connectivity index is 2.47. The number of rotatable bonds is 8. The van der Waals surface area contributed by atoms with Crippen LogP contribution in [0, 0.1) is 0 Å². The van der Waals surface area contributed by atoms with Crippen LogP contribution in [0.25, 0.3) is 0 Å². The number of ether oxygens (including phenoxy) is 1. The van der Waals surface area contributed by atoms with Crippen molar-refractivity contribution in [3.63, 3.8) is 0 Å². The smallest absolute Gasteiger partial charge is 0.311 e. The minimum absolute atomic E-state index is 0.0814. The van der Waals surface area contributed by atoms with E-state index in [-0.39, 0.29) is 12.1 Å². The highest BCUT2D eigenvalue weighted by molar-refractivity contribution is 7.12. The van der Waals surface area contributed by atoms with Crippen LogP contribution in [-0.2, 0) is 20.8 Å². The molecule has 0 saturated carbocycles. The minimum atomic E-state index is -0.177. The van der Waals surface area contributed by atoms with Gasteiger partial charge in [-0.25, -0.2) is 0 Å². The fraction of sp³-hybridized carbons (Fsp3) is 0.500. The third kappa shape index (κ3) is 5.89. The molecule has 0 amide bonds. The summed E-state index contributed by atoms with van der Waals surface area (Å²) in [5, 5.41) is 0. The second-order valence-corrected chi connectivity index (χ2v) is 5.54. The monoisotopic (exact) mass is 283 g/mol. The van der Waals surface area contributed by atoms with Crippen LogP contribution in [0.4, 0.5) is 0 Å². The SMILES string of the molecule is C=C(C)NOC(C)c1ccc(CC(=O)OCCC)s1. The van der Waals surface area contributed by atoms with E-state index >= 15 is 0 Å². The molecule has 1 N–H and O–H groups in total. The van der Waals surface area contributed by atoms with Crippen molar-refractivity contribution < 1.29 is 14.4 Å². The van der Waals surface area contributed by atoms with E-state index in [2.05, 4.69) is 12.1 Å². The van der Waals surface area contributed by atoms with Crippen molar-refractivity contribution in [2.75, 3.05) is 6.61 Å². The molecule has 0 aliphatic heterocycles. The minimum Gasteiger partial charge on any atom is -0.465 e. The second kappa shape index (κ2) is 7.96. The third-order valence-corrected chi connectivity index (χ3v) is 3.53. The van der Waals surface area contributed by atoms with E-state index in [9.17, 15) is 4.79 Å². The number of thiophene rings is 1. The van der Waals surface area contributed by atoms with E-state index in [4.69, 9.17) is 9.57 Å². The summed E-state index contributed by atoms with van der Waals surface area (Å²) >= 11 is 1.56. The molecule has 0 aliphatic carbocycles. The van der Waals surface area contributed by atoms with Crippen LogP contribution >= 0.6 is 11.3 Å². The Labute approximate surface area is 118 Å². The Morgan fingerprint density at radius 3 is 2.89 bits per heavy atom. The highest BCUT2D eigenvalue weighted by atomic mass is 32.1. The molecule has 0 fully saturated rings. The van der Waals surface area contributed by atoms with Crippen molar-refractivity contribution in [1.82, 2.24) is 5.48 Å². The van der Waals surface area contributed by atoms with Gasteiger partial charge in [0.1, 0.15) is 6.10 Å². The standard InChI is InChI=1S/C14H21NO3S/c1-5-8-17-14(16)9-12-6-7-13(19-12)11(4)18-15-10(2)3/h6-7,11,15H,2,5,8-9H2,1,3-4H3. The molecule has 1 aromatic rings. The molecule has 1 rings (SSSR count). The van der Waals surface area contributed by atoms with Crippen LogP contribution in [0.15, 0.2) is 24.4 Å². The lowest BCUT2D eigenvalue weighted by atomic mass is 10.3. The van der Waals surface area contributed by atoms with E-state index in [0.29, 0.717) is 13.0 Å². The summed E-state index contributed by atoms with van der Waals surface area (Å²) in [7, 11) is 0. The Kier molecular flexibility index (Phi) is 6.59. The zero-order valence-corrected chi connectivity index (χ0v) is 12.5. The van der Waals surface area contributed by atoms with Gasteiger partial charge in [-0.2, -0.15) is 0 Å². The van der Waals surface area contributed by atoms with E-state index in [0.717, 1.165) is 21.9 Å². The fourth-order valence-electron chi connectivity index (χ4n) is 1.36. The zero-order chi connectivity index (χ0) is 14.3. The molecule has 0 spiro atoms. The summed E-state index contributed by atoms with van der Waals surface area (Å²) in [6, 6.07) is 3.91. The summed E-state index contributed by atoms with van der Waals surface area (Å²) in [6.07, 6.45) is 1.09. The van der Waals surface area contributed by atoms with Crippen LogP contribution in [-0.4, -0.2) is 12.6 Å². The first-order chi connectivity index (χ1) is 9.02. The van der Waals surface area contributed by atoms with Gasteiger partial charge in [-0.3, -0.25) is 15.1 Å². The van der Waals surface area contributed by atoms with Crippen LogP contribution in [0.2, 0.25) is 0 Å². The summed E-state index contributed by atoms with van der Waals surface area (Å²) in [5.74, 6) is -0.177. The van der Waals surface area contributed by atoms with Crippen LogP contribution in [0.1, 0.15) is 43.1 Å². The Hall–Kier alpha value is -1.33. The van der Waals surface area contributed by atoms with Gasteiger partial charge < -0.3 is 4.74 Å². The van der Waals surface area contributed by atoms with Crippen molar-refractivity contribution in [3.05, 3.63) is 34.2 Å². The number of nitrogens with one attached hydrogen (secondary N) is 1. The first kappa shape index (κ1) is 15.7. The predicted octanol–water partition coefficient (Wildman–Crippen LogP) is 3.36. The van der Waals surface area contributed by atoms with Crippen LogP contribution in [0.5, 0.6) is 0 Å². The summed E-state index contributed by atoms with van der Waals surface area (Å²) < 4.78 is 5.06. The lowest BCUT2D eigenvalue weighted by Crippen LogP contribution is -2.13. The van der Waals surface area contributed by atoms with Crippen molar-refractivity contribution in [2.24, 2.45) is 0 Å². The number of esters is 1. The van der Waals surface area contributed by atoms with Gasteiger partial charge in [0, 0.05) is 15.5 Å². The molecule has 1 heterocycles. The highest BCUT2D eigenvalue weighted by Gasteiger charge is 2.12. The van der Waals surface area contributed by atoms with Gasteiger partial charge in [0.05, 0.1) is 13.0 Å². The summed E-state index contributed by atoms with van der Waals surface area (Å²) in [4.78, 5) is 19.0. The normalized spacial score (nSPS) is 11.9. The van der Waals surface area contributed by atoms with Crippen LogP contribution < -0.4 is 5.48 Å². The number of hydrogen-bond donors (Lipinski definition) is 1. The molecule has 106 valence electrons. The van der Waals surface area contributed by atoms with Crippen molar-refractivity contribution >= 4 is 17.3 Å². The molecule has 4 nitrogen and oxygen atoms in total. The van der Waals surface area contributed by atoms with Gasteiger partial charge >= 0.3 is 5.97 Å². The van der Waals surface area contributed by atoms with Crippen LogP contribution in [0.3, 0.4) is 0 Å². The maximum absolute atomic E-state index is 11.5. The Morgan fingerprint density at radius 1 is 1.53 bits per heavy atom. The number of carbonyl (C=O) groups is 1. The number of hydrogen-bond acceptors (Lipinski definition) is 5. The highest BCUT2D eigenvalue weighted by Crippen LogP contribution is 2.25. The molecule has 0 saturated heterocycles. The molecule has 0 bridgehead atoms. The topological polar surface area (TPSA) is 47.6 Å². The Bertz CT molecular complexity index is 428. The molecule has 5 heteroatoms. The molecule has 1 atom stereocenters. The molecular formula is C14H21NO3S. The van der Waals surface area contributed by atoms with E-state index in [1.54, 1.807) is 11.3 Å². The second-order valence-electron chi connectivity index (χ2n) is 4.34. The fourth-order valence-corrected chi connectivity index (χ4v) is 2.34. The number of hydroxylamine groups is 1. The van der Waals surface area contributed by atoms with E-state index in [1.165, 1.54) is 0 Å². The molecule has 0 radical (unpaired) electrons. The first-order valence-corrected chi connectivity index (χ1v) is 7.16. The van der Waals surface area contributed by atoms with E-state index in [1.807, 2.05) is 32.9 Å². The van der Waals surface area contributed by atoms with Crippen molar-refractivity contribution in [1.29, 1.82) is 0 Å². The molecule has 0 aliphatic rings. The van der Waals surface area contributed by atoms with Gasteiger partial charge in [-0.1, -0.05) is 13.5 Å². The maximum Gasteiger partial charge on any atom is 0.311 e. The van der Waals surface area contributed by atoms with Gasteiger partial charge in [0.15, 0.2) is 0 Å². The molecule has 1 aromatic heterocycles. The van der Waals surface area contributed by atoms with Gasteiger partial charge in [-0.05, 0) is 32.4 Å². The number of allylic oxidation sites excluding steroid dienone is 1. The quantitative estimate of drug-likeness (QED) is 0.587. The lowest BCUT2D eigenvalue weighted by molar-refractivity contribution is -0.142. The lowest BCUT2D eigenvalue weighted by Gasteiger charge is -2.12. The van der Waals surface area contributed by atoms with Crippen molar-refractivity contribution in [2.45, 2.75) is 39.7 Å². The molecule has 19 heavy (non-hydrogen) atoms. The molecule has 0 aromatic carbocycles. The summed E-state index contributed by atoms with van der Waals surface area (Å²) in [6.45, 7) is 9.94. The van der Waals surface area contributed by atoms with Crippen molar-refractivity contribution in [3.8, 4) is 0 Å².